The molecule has 1 aliphatic heterocycles. The third-order valence-corrected chi connectivity index (χ3v) is 11.0. The summed E-state index contributed by atoms with van der Waals surface area (Å²) in [4.78, 5) is 40.2. The van der Waals surface area contributed by atoms with E-state index < -0.39 is 36.1 Å². The van der Waals surface area contributed by atoms with Crippen LogP contribution in [0.25, 0.3) is 11.2 Å². The molecule has 7 rings (SSSR count). The molecule has 1 amide bonds. The lowest BCUT2D eigenvalue weighted by Crippen LogP contribution is -2.39. The van der Waals surface area contributed by atoms with Gasteiger partial charge in [0.15, 0.2) is 17.8 Å². The van der Waals surface area contributed by atoms with E-state index in [1.807, 2.05) is 97.1 Å². The number of anilines is 1. The fourth-order valence-electron chi connectivity index (χ4n) is 7.71. The molecule has 3 atom stereocenters. The molecule has 3 heterocycles. The van der Waals surface area contributed by atoms with Crippen LogP contribution in [0, 0.1) is 0 Å². The lowest BCUT2D eigenvalue weighted by atomic mass is 9.80. The molecule has 1 aliphatic rings. The molecule has 4 aromatic carbocycles. The fraction of sp³-hybridized carbons (Fsp3) is 0.340. The number of imidazole rings is 1. The molecule has 0 aliphatic carbocycles. The van der Waals surface area contributed by atoms with Gasteiger partial charge in [0.05, 0.1) is 33.8 Å². The van der Waals surface area contributed by atoms with E-state index in [0.717, 1.165) is 48.8 Å². The normalized spacial score (nSPS) is 15.8. The Kier molecular flexibility index (Phi) is 16.6. The second-order valence-corrected chi connectivity index (χ2v) is 15.4. The van der Waals surface area contributed by atoms with Crippen molar-refractivity contribution < 1.29 is 52.6 Å². The lowest BCUT2D eigenvalue weighted by molar-refractivity contribution is -0.118. The quantitative estimate of drug-likeness (QED) is 0.0257. The third kappa shape index (κ3) is 11.6. The van der Waals surface area contributed by atoms with Gasteiger partial charge in [-0.15, -0.1) is 0 Å². The standard InChI is InChI=1S/C50H55N5O11/c1-4-29-62-49(58)66-41-31-44(65-42(41)32-64-50(35-16-10-8-11-17-35,36-20-24-38(59-2)25-21-36)37-22-26-39(60-3)27-23-37)55-34-51-45-46(55)53-48(52-43(57)33-63-40-18-12-9-13-19-40)54-47(45)61-30-15-7-5-6-14-28-56/h4,8-13,16-27,34,41-42,44,56H,1,5-7,14-15,28-33H2,2-3H3,(H,52,53,54,57)/t41-,42+,44+/m0/s1. The van der Waals surface area contributed by atoms with E-state index in [1.165, 1.54) is 6.08 Å². The van der Waals surface area contributed by atoms with Crippen LogP contribution in [-0.2, 0) is 29.3 Å². The van der Waals surface area contributed by atoms with Crippen LogP contribution in [0.2, 0.25) is 0 Å². The Morgan fingerprint density at radius 3 is 2.11 bits per heavy atom. The maximum Gasteiger partial charge on any atom is 0.508 e. The number of fused-ring (bicyclic) bond motifs is 1. The van der Waals surface area contributed by atoms with Crippen molar-refractivity contribution in [1.82, 2.24) is 19.5 Å². The lowest BCUT2D eigenvalue weighted by Gasteiger charge is -2.37. The van der Waals surface area contributed by atoms with E-state index in [1.54, 1.807) is 37.2 Å². The average Bonchev–Trinajstić information content (AvgIpc) is 3.97. The number of hydrogen-bond donors (Lipinski definition) is 2. The second-order valence-electron chi connectivity index (χ2n) is 15.4. The summed E-state index contributed by atoms with van der Waals surface area (Å²) in [5.41, 5.74) is 1.87. The summed E-state index contributed by atoms with van der Waals surface area (Å²) >= 11 is 0. The maximum absolute atomic E-state index is 13.2. The summed E-state index contributed by atoms with van der Waals surface area (Å²) in [6.45, 7) is 3.72. The molecule has 346 valence electrons. The Labute approximate surface area is 383 Å². The molecule has 0 bridgehead atoms. The predicted octanol–water partition coefficient (Wildman–Crippen LogP) is 8.19. The molecule has 2 N–H and O–H groups in total. The SMILES string of the molecule is C=CCOC(=O)O[C@H]1C[C@H](n2cnc3c(OCCCCCCCO)nc(NC(=O)COc4ccccc4)nc32)O[C@@H]1COC(c1ccccc1)(c1ccc(OC)cc1)c1ccc(OC)cc1. The molecule has 66 heavy (non-hydrogen) atoms. The maximum atomic E-state index is 13.2. The fourth-order valence-corrected chi connectivity index (χ4v) is 7.71. The molecule has 1 saturated heterocycles. The van der Waals surface area contributed by atoms with Crippen LogP contribution in [0.1, 0.15) is 61.4 Å². The van der Waals surface area contributed by atoms with Crippen LogP contribution in [0.15, 0.2) is 128 Å². The Morgan fingerprint density at radius 2 is 1.45 bits per heavy atom. The number of unbranched alkanes of at least 4 members (excludes halogenated alkanes) is 4. The Bertz CT molecular complexity index is 2420. The van der Waals surface area contributed by atoms with E-state index >= 15 is 0 Å². The van der Waals surface area contributed by atoms with E-state index in [2.05, 4.69) is 21.9 Å². The highest BCUT2D eigenvalue weighted by atomic mass is 16.7. The number of carbonyl (C=O) groups is 2. The first-order valence-electron chi connectivity index (χ1n) is 21.9. The topological polar surface area (TPSA) is 184 Å². The van der Waals surface area contributed by atoms with E-state index in [4.69, 9.17) is 48.0 Å². The summed E-state index contributed by atoms with van der Waals surface area (Å²) in [5.74, 6) is 1.52. The monoisotopic (exact) mass is 901 g/mol. The summed E-state index contributed by atoms with van der Waals surface area (Å²) in [5, 5.41) is 11.9. The molecule has 2 aromatic heterocycles. The van der Waals surface area contributed by atoms with Gasteiger partial charge in [0.1, 0.15) is 47.9 Å². The average molecular weight is 902 g/mol. The van der Waals surface area contributed by atoms with E-state index in [-0.39, 0.29) is 44.7 Å². The van der Waals surface area contributed by atoms with Crippen molar-refractivity contribution in [3.8, 4) is 23.1 Å². The molecule has 0 radical (unpaired) electrons. The summed E-state index contributed by atoms with van der Waals surface area (Å²) < 4.78 is 49.8. The highest BCUT2D eigenvalue weighted by Gasteiger charge is 2.44. The van der Waals surface area contributed by atoms with E-state index in [0.29, 0.717) is 35.0 Å². The summed E-state index contributed by atoms with van der Waals surface area (Å²) in [7, 11) is 3.22. The van der Waals surface area contributed by atoms with Gasteiger partial charge in [-0.1, -0.05) is 105 Å². The van der Waals surface area contributed by atoms with Crippen molar-refractivity contribution >= 4 is 29.2 Å². The van der Waals surface area contributed by atoms with Crippen LogP contribution >= 0.6 is 0 Å². The largest absolute Gasteiger partial charge is 0.508 e. The number of methoxy groups -OCH3 is 2. The number of aliphatic hydroxyl groups excluding tert-OH is 1. The number of carbonyl (C=O) groups excluding carboxylic acids is 2. The number of ether oxygens (including phenoxy) is 8. The molecular weight excluding hydrogens is 847 g/mol. The molecule has 1 fully saturated rings. The molecular formula is C50H55N5O11. The van der Waals surface area contributed by atoms with Gasteiger partial charge >= 0.3 is 6.16 Å². The number of benzene rings is 4. The Hall–Kier alpha value is -7.01. The number of aromatic nitrogens is 4. The van der Waals surface area contributed by atoms with Crippen molar-refractivity contribution in [1.29, 1.82) is 0 Å². The van der Waals surface area contributed by atoms with Gasteiger partial charge in [-0.05, 0) is 65.9 Å². The molecule has 0 spiro atoms. The number of aliphatic hydroxyl groups is 1. The smallest absolute Gasteiger partial charge is 0.497 e. The first kappa shape index (κ1) is 47.0. The number of hydrogen-bond acceptors (Lipinski definition) is 14. The molecule has 16 heteroatoms. The van der Waals surface area contributed by atoms with Crippen molar-refractivity contribution in [2.45, 2.75) is 62.6 Å². The van der Waals surface area contributed by atoms with Crippen LogP contribution in [-0.4, -0.2) is 96.2 Å². The van der Waals surface area contributed by atoms with Gasteiger partial charge in [0, 0.05) is 13.0 Å². The number of nitrogens with one attached hydrogen (secondary N) is 1. The van der Waals surface area contributed by atoms with Gasteiger partial charge in [-0.2, -0.15) is 9.97 Å². The first-order valence-corrected chi connectivity index (χ1v) is 21.9. The van der Waals surface area contributed by atoms with Gasteiger partial charge in [-0.25, -0.2) is 9.78 Å². The minimum Gasteiger partial charge on any atom is -0.497 e. The highest BCUT2D eigenvalue weighted by molar-refractivity contribution is 5.91. The minimum atomic E-state index is -1.20. The summed E-state index contributed by atoms with van der Waals surface area (Å²) in [6, 6.07) is 34.1. The first-order chi connectivity index (χ1) is 32.3. The number of nitrogens with zero attached hydrogens (tertiary/aromatic N) is 4. The van der Waals surface area contributed by atoms with Crippen LogP contribution in [0.5, 0.6) is 23.1 Å². The van der Waals surface area contributed by atoms with Crippen LogP contribution in [0.4, 0.5) is 10.7 Å². The van der Waals surface area contributed by atoms with Crippen molar-refractivity contribution in [3.05, 3.63) is 145 Å². The molecule has 16 nitrogen and oxygen atoms in total. The van der Waals surface area contributed by atoms with Crippen LogP contribution in [0.3, 0.4) is 0 Å². The van der Waals surface area contributed by atoms with E-state index in [9.17, 15) is 9.59 Å². The molecule has 0 saturated carbocycles. The Morgan fingerprint density at radius 1 is 0.818 bits per heavy atom. The van der Waals surface area contributed by atoms with Crippen molar-refractivity contribution in [2.24, 2.45) is 0 Å². The third-order valence-electron chi connectivity index (χ3n) is 11.0. The molecule has 6 aromatic rings. The zero-order valence-electron chi connectivity index (χ0n) is 37.1. The zero-order valence-corrected chi connectivity index (χ0v) is 37.1. The minimum absolute atomic E-state index is 0.0332. The van der Waals surface area contributed by atoms with Gasteiger partial charge < -0.3 is 43.0 Å². The van der Waals surface area contributed by atoms with Gasteiger partial charge in [0.2, 0.25) is 11.8 Å². The number of rotatable bonds is 24. The van der Waals surface area contributed by atoms with Crippen molar-refractivity contribution in [3.63, 3.8) is 0 Å². The molecule has 0 unspecified atom stereocenters. The van der Waals surface area contributed by atoms with Gasteiger partial charge in [0.25, 0.3) is 5.91 Å². The Balaban J connectivity index is 1.21. The zero-order chi connectivity index (χ0) is 46.1. The van der Waals surface area contributed by atoms with Gasteiger partial charge in [-0.3, -0.25) is 14.7 Å². The highest BCUT2D eigenvalue weighted by Crippen LogP contribution is 2.43. The van der Waals surface area contributed by atoms with Crippen molar-refractivity contribution in [2.75, 3.05) is 52.6 Å². The summed E-state index contributed by atoms with van der Waals surface area (Å²) in [6.07, 6.45) is 3.96. The second kappa shape index (κ2) is 23.3. The number of para-hydroxylation sites is 1. The van der Waals surface area contributed by atoms with Crippen LogP contribution < -0.4 is 24.3 Å². The number of amides is 1. The predicted molar refractivity (Wildman–Crippen MR) is 245 cm³/mol.